The third-order valence-electron chi connectivity index (χ3n) is 2.28. The molecule has 0 N–H and O–H groups in total. The largest absolute Gasteiger partial charge is 0.240 e. The summed E-state index contributed by atoms with van der Waals surface area (Å²) >= 11 is 0. The lowest BCUT2D eigenvalue weighted by Crippen LogP contribution is -2.01. The molecule has 0 bridgehead atoms. The van der Waals surface area contributed by atoms with Gasteiger partial charge in [0.1, 0.15) is 35.2 Å². The van der Waals surface area contributed by atoms with Crippen molar-refractivity contribution in [3.63, 3.8) is 0 Å². The molecule has 2 rings (SSSR count). The van der Waals surface area contributed by atoms with E-state index >= 15 is 0 Å². The van der Waals surface area contributed by atoms with Crippen LogP contribution in [0.4, 0.5) is 0 Å². The van der Waals surface area contributed by atoms with Crippen LogP contribution in [-0.2, 0) is 0 Å². The summed E-state index contributed by atoms with van der Waals surface area (Å²) in [4.78, 5) is 16.3. The second-order valence-corrected chi connectivity index (χ2v) is 3.58. The van der Waals surface area contributed by atoms with Gasteiger partial charge in [0.2, 0.25) is 0 Å². The second kappa shape index (κ2) is 4.56. The molecule has 0 aromatic carbocycles. The normalized spacial score (nSPS) is 9.56. The summed E-state index contributed by atoms with van der Waals surface area (Å²) < 4.78 is 0. The summed E-state index contributed by atoms with van der Waals surface area (Å²) in [5.74, 6) is 1.04. The van der Waals surface area contributed by atoms with Crippen LogP contribution in [-0.4, -0.2) is 19.9 Å². The van der Waals surface area contributed by atoms with Crippen molar-refractivity contribution in [2.75, 3.05) is 0 Å². The summed E-state index contributed by atoms with van der Waals surface area (Å²) in [6.45, 7) is 3.43. The van der Waals surface area contributed by atoms with Gasteiger partial charge >= 0.3 is 0 Å². The topological polar surface area (TPSA) is 99.1 Å². The number of aryl methyl sites for hydroxylation is 2. The Hall–Kier alpha value is -2.86. The zero-order valence-corrected chi connectivity index (χ0v) is 9.84. The predicted molar refractivity (Wildman–Crippen MR) is 62.0 cm³/mol. The average molecular weight is 236 g/mol. The molecule has 0 aliphatic rings. The highest BCUT2D eigenvalue weighted by atomic mass is 14.9. The second-order valence-electron chi connectivity index (χ2n) is 3.58. The molecule has 0 saturated heterocycles. The Labute approximate surface area is 104 Å². The first-order chi connectivity index (χ1) is 8.65. The van der Waals surface area contributed by atoms with E-state index in [1.165, 1.54) is 12.4 Å². The SMILES string of the molecule is Cc1ncc(C#N)c(-c2nc(C)ncc2C#N)n1. The van der Waals surface area contributed by atoms with Gasteiger partial charge in [0, 0.05) is 12.4 Å². The first-order valence-corrected chi connectivity index (χ1v) is 5.13. The lowest BCUT2D eigenvalue weighted by molar-refractivity contribution is 1.01. The van der Waals surface area contributed by atoms with Gasteiger partial charge in [-0.15, -0.1) is 0 Å². The molecule has 2 heterocycles. The first-order valence-electron chi connectivity index (χ1n) is 5.13. The van der Waals surface area contributed by atoms with Gasteiger partial charge in [0.25, 0.3) is 0 Å². The molecule has 0 unspecified atom stereocenters. The molecule has 6 heteroatoms. The minimum absolute atomic E-state index is 0.287. The van der Waals surface area contributed by atoms with Crippen LogP contribution in [0.2, 0.25) is 0 Å². The fourth-order valence-electron chi connectivity index (χ4n) is 1.46. The van der Waals surface area contributed by atoms with Gasteiger partial charge in [-0.3, -0.25) is 0 Å². The Bertz CT molecular complexity index is 631. The monoisotopic (exact) mass is 236 g/mol. The minimum atomic E-state index is 0.287. The van der Waals surface area contributed by atoms with Gasteiger partial charge < -0.3 is 0 Å². The van der Waals surface area contributed by atoms with Gasteiger partial charge in [-0.05, 0) is 13.8 Å². The standard InChI is InChI=1S/C12H8N6/c1-7-15-5-9(3-13)11(17-7)12-10(4-14)6-16-8(2)18-12/h5-6H,1-2H3. The molecular weight excluding hydrogens is 228 g/mol. The van der Waals surface area contributed by atoms with Crippen molar-refractivity contribution in [3.05, 3.63) is 35.2 Å². The van der Waals surface area contributed by atoms with Crippen molar-refractivity contribution in [1.82, 2.24) is 19.9 Å². The third kappa shape index (κ3) is 2.00. The van der Waals surface area contributed by atoms with Gasteiger partial charge in [0.05, 0.1) is 11.1 Å². The Morgan fingerprint density at radius 3 is 1.56 bits per heavy atom. The minimum Gasteiger partial charge on any atom is -0.240 e. The molecule has 2 aromatic rings. The molecular formula is C12H8N6. The zero-order chi connectivity index (χ0) is 13.1. The molecule has 86 valence electrons. The quantitative estimate of drug-likeness (QED) is 0.739. The average Bonchev–Trinajstić information content (AvgIpc) is 2.38. The maximum absolute atomic E-state index is 9.05. The fraction of sp³-hybridized carbons (Fsp3) is 0.167. The predicted octanol–water partition coefficient (Wildman–Crippen LogP) is 1.29. The maximum atomic E-state index is 9.05. The summed E-state index contributed by atoms with van der Waals surface area (Å²) in [6, 6.07) is 3.99. The van der Waals surface area contributed by atoms with E-state index in [-0.39, 0.29) is 11.1 Å². The van der Waals surface area contributed by atoms with Crippen LogP contribution in [0.5, 0.6) is 0 Å². The van der Waals surface area contributed by atoms with Gasteiger partial charge in [0.15, 0.2) is 0 Å². The molecule has 18 heavy (non-hydrogen) atoms. The Morgan fingerprint density at radius 2 is 1.22 bits per heavy atom. The van der Waals surface area contributed by atoms with Crippen molar-refractivity contribution in [1.29, 1.82) is 10.5 Å². The molecule has 0 radical (unpaired) electrons. The highest BCUT2D eigenvalue weighted by Crippen LogP contribution is 2.21. The highest BCUT2D eigenvalue weighted by molar-refractivity contribution is 5.67. The number of nitrogens with zero attached hydrogens (tertiary/aromatic N) is 6. The lowest BCUT2D eigenvalue weighted by Gasteiger charge is -2.05. The van der Waals surface area contributed by atoms with Gasteiger partial charge in [-0.1, -0.05) is 0 Å². The number of aromatic nitrogens is 4. The molecule has 2 aromatic heterocycles. The van der Waals surface area contributed by atoms with Crippen molar-refractivity contribution in [2.24, 2.45) is 0 Å². The first kappa shape index (κ1) is 11.6. The van der Waals surface area contributed by atoms with Crippen LogP contribution in [0.15, 0.2) is 12.4 Å². The third-order valence-corrected chi connectivity index (χ3v) is 2.28. The Morgan fingerprint density at radius 1 is 0.833 bits per heavy atom. The maximum Gasteiger partial charge on any atom is 0.126 e. The molecule has 0 aliphatic heterocycles. The lowest BCUT2D eigenvalue weighted by atomic mass is 10.1. The van der Waals surface area contributed by atoms with Crippen LogP contribution in [0.25, 0.3) is 11.4 Å². The van der Waals surface area contributed by atoms with E-state index in [4.69, 9.17) is 10.5 Å². The van der Waals surface area contributed by atoms with E-state index in [9.17, 15) is 0 Å². The van der Waals surface area contributed by atoms with Crippen LogP contribution < -0.4 is 0 Å². The van der Waals surface area contributed by atoms with Gasteiger partial charge in [-0.2, -0.15) is 10.5 Å². The Kier molecular flexibility index (Phi) is 2.94. The van der Waals surface area contributed by atoms with Crippen LogP contribution in [0, 0.1) is 36.5 Å². The molecule has 0 fully saturated rings. The molecule has 0 spiro atoms. The van der Waals surface area contributed by atoms with E-state index < -0.39 is 0 Å². The van der Waals surface area contributed by atoms with Gasteiger partial charge in [-0.25, -0.2) is 19.9 Å². The summed E-state index contributed by atoms with van der Waals surface area (Å²) in [6.07, 6.45) is 2.85. The van der Waals surface area contributed by atoms with Crippen molar-refractivity contribution < 1.29 is 0 Å². The summed E-state index contributed by atoms with van der Waals surface area (Å²) in [7, 11) is 0. The van der Waals surface area contributed by atoms with E-state index in [2.05, 4.69) is 19.9 Å². The number of nitriles is 2. The number of rotatable bonds is 1. The molecule has 0 aliphatic carbocycles. The smallest absolute Gasteiger partial charge is 0.126 e. The number of hydrogen-bond donors (Lipinski definition) is 0. The van der Waals surface area contributed by atoms with Crippen LogP contribution >= 0.6 is 0 Å². The summed E-state index contributed by atoms with van der Waals surface area (Å²) in [5, 5.41) is 18.1. The highest BCUT2D eigenvalue weighted by Gasteiger charge is 2.14. The number of hydrogen-bond acceptors (Lipinski definition) is 6. The Balaban J connectivity index is 2.77. The molecule has 0 saturated carbocycles. The fourth-order valence-corrected chi connectivity index (χ4v) is 1.46. The molecule has 0 amide bonds. The van der Waals surface area contributed by atoms with E-state index in [1.807, 2.05) is 12.1 Å². The van der Waals surface area contributed by atoms with Crippen molar-refractivity contribution in [2.45, 2.75) is 13.8 Å². The van der Waals surface area contributed by atoms with Crippen molar-refractivity contribution in [3.8, 4) is 23.5 Å². The van der Waals surface area contributed by atoms with E-state index in [0.29, 0.717) is 23.0 Å². The van der Waals surface area contributed by atoms with E-state index in [0.717, 1.165) is 0 Å². The van der Waals surface area contributed by atoms with Crippen molar-refractivity contribution >= 4 is 0 Å². The molecule has 6 nitrogen and oxygen atoms in total. The zero-order valence-electron chi connectivity index (χ0n) is 9.84. The summed E-state index contributed by atoms with van der Waals surface area (Å²) in [5.41, 5.74) is 1.31. The van der Waals surface area contributed by atoms with Crippen LogP contribution in [0.3, 0.4) is 0 Å². The van der Waals surface area contributed by atoms with Crippen LogP contribution in [0.1, 0.15) is 22.8 Å². The van der Waals surface area contributed by atoms with E-state index in [1.54, 1.807) is 13.8 Å². The molecule has 0 atom stereocenters.